The number of rotatable bonds is 6. The summed E-state index contributed by atoms with van der Waals surface area (Å²) in [5, 5.41) is 27.0. The Morgan fingerprint density at radius 2 is 2.13 bits per heavy atom. The van der Waals surface area contributed by atoms with Crippen molar-refractivity contribution in [3.63, 3.8) is 0 Å². The van der Waals surface area contributed by atoms with Crippen molar-refractivity contribution in [3.8, 4) is 0 Å². The van der Waals surface area contributed by atoms with Gasteiger partial charge in [0.05, 0.1) is 24.9 Å². The van der Waals surface area contributed by atoms with Crippen LogP contribution >= 0.6 is 11.6 Å². The van der Waals surface area contributed by atoms with Crippen LogP contribution < -0.4 is 16.6 Å². The largest absolute Gasteiger partial charge is 0.388 e. The summed E-state index contributed by atoms with van der Waals surface area (Å²) < 4.78 is 11.6. The number of aliphatic hydroxyl groups excluding tert-OH is 2. The summed E-state index contributed by atoms with van der Waals surface area (Å²) in [7, 11) is 0. The summed E-state index contributed by atoms with van der Waals surface area (Å²) in [4.78, 5) is 37.6. The minimum Gasteiger partial charge on any atom is -0.388 e. The van der Waals surface area contributed by atoms with E-state index in [4.69, 9.17) is 20.9 Å². The smallest absolute Gasteiger partial charge is 0.328 e. The molecule has 164 valence electrons. The molecule has 2 aromatic heterocycles. The second-order valence-electron chi connectivity index (χ2n) is 7.60. The number of carbonyl (C=O) groups excluding carboxylic acids is 1. The van der Waals surface area contributed by atoms with Gasteiger partial charge in [0.2, 0.25) is 5.76 Å². The van der Waals surface area contributed by atoms with Crippen molar-refractivity contribution in [2.24, 2.45) is 5.92 Å². The van der Waals surface area contributed by atoms with E-state index in [-0.39, 0.29) is 23.9 Å². The number of aromatic amines is 1. The molecule has 1 aliphatic rings. The summed E-state index contributed by atoms with van der Waals surface area (Å²) >= 11 is 5.72. The van der Waals surface area contributed by atoms with Crippen LogP contribution in [-0.2, 0) is 17.7 Å². The van der Waals surface area contributed by atoms with E-state index < -0.39 is 41.5 Å². The molecular weight excluding hydrogens is 420 g/mol. The zero-order valence-corrected chi connectivity index (χ0v) is 17.1. The van der Waals surface area contributed by atoms with Crippen LogP contribution in [-0.4, -0.2) is 61.8 Å². The molecule has 30 heavy (non-hydrogen) atoms. The van der Waals surface area contributed by atoms with Crippen LogP contribution in [0.15, 0.2) is 26.4 Å². The number of hydrogen-bond acceptors (Lipinski definition) is 8. The standard InChI is InChI=1S/C18H23ClN4O7/c1-8(2)3-9-4-12(30-22-9)17(27)20-11-7-29-13(15(25)14(11)24)6-23-5-10(19)16(26)21-18(23)28/h4-5,8,11,13-15,24-25H,3,6-7H2,1-2H3,(H,20,27)(H,21,26,28)/t11-,13-,14+,15-/m1/s1. The molecule has 3 heterocycles. The summed E-state index contributed by atoms with van der Waals surface area (Å²) in [6.07, 6.45) is -1.96. The van der Waals surface area contributed by atoms with Crippen molar-refractivity contribution in [2.75, 3.05) is 6.61 Å². The third-order valence-corrected chi connectivity index (χ3v) is 4.96. The first kappa shape index (κ1) is 22.2. The van der Waals surface area contributed by atoms with E-state index in [1.807, 2.05) is 18.8 Å². The van der Waals surface area contributed by atoms with Crippen molar-refractivity contribution in [1.29, 1.82) is 0 Å². The van der Waals surface area contributed by atoms with Crippen molar-refractivity contribution >= 4 is 17.5 Å². The Morgan fingerprint density at radius 1 is 1.40 bits per heavy atom. The van der Waals surface area contributed by atoms with Gasteiger partial charge < -0.3 is 24.8 Å². The highest BCUT2D eigenvalue weighted by Gasteiger charge is 2.39. The molecule has 0 aliphatic carbocycles. The Morgan fingerprint density at radius 3 is 2.83 bits per heavy atom. The molecule has 3 rings (SSSR count). The number of nitrogens with zero attached hydrogens (tertiary/aromatic N) is 2. The maximum absolute atomic E-state index is 12.4. The highest BCUT2D eigenvalue weighted by molar-refractivity contribution is 6.30. The highest BCUT2D eigenvalue weighted by atomic mass is 35.5. The van der Waals surface area contributed by atoms with Crippen molar-refractivity contribution in [1.82, 2.24) is 20.0 Å². The molecule has 4 N–H and O–H groups in total. The van der Waals surface area contributed by atoms with Crippen molar-refractivity contribution in [2.45, 2.75) is 51.2 Å². The van der Waals surface area contributed by atoms with Gasteiger partial charge in [-0.1, -0.05) is 30.6 Å². The van der Waals surface area contributed by atoms with Gasteiger partial charge in [0.15, 0.2) is 0 Å². The van der Waals surface area contributed by atoms with Crippen LogP contribution in [0.5, 0.6) is 0 Å². The minimum atomic E-state index is -1.41. The molecule has 0 aromatic carbocycles. The average Bonchev–Trinajstić information content (AvgIpc) is 3.13. The summed E-state index contributed by atoms with van der Waals surface area (Å²) in [5.41, 5.74) is -0.817. The van der Waals surface area contributed by atoms with Crippen LogP contribution in [0.25, 0.3) is 0 Å². The Kier molecular flexibility index (Phi) is 6.76. The van der Waals surface area contributed by atoms with Gasteiger partial charge in [0.25, 0.3) is 11.5 Å². The molecule has 1 fully saturated rings. The lowest BCUT2D eigenvalue weighted by molar-refractivity contribution is -0.152. The molecule has 1 aliphatic heterocycles. The summed E-state index contributed by atoms with van der Waals surface area (Å²) in [5.74, 6) is -0.264. The van der Waals surface area contributed by atoms with E-state index in [0.29, 0.717) is 18.0 Å². The van der Waals surface area contributed by atoms with Gasteiger partial charge in [-0.2, -0.15) is 0 Å². The quantitative estimate of drug-likeness (QED) is 0.456. The van der Waals surface area contributed by atoms with Crippen LogP contribution in [0, 0.1) is 5.92 Å². The molecule has 1 saturated heterocycles. The Balaban J connectivity index is 1.63. The molecule has 2 aromatic rings. The van der Waals surface area contributed by atoms with E-state index in [1.165, 1.54) is 6.07 Å². The monoisotopic (exact) mass is 442 g/mol. The predicted molar refractivity (Wildman–Crippen MR) is 104 cm³/mol. The number of H-pyrrole nitrogens is 1. The highest BCUT2D eigenvalue weighted by Crippen LogP contribution is 2.18. The first-order valence-electron chi connectivity index (χ1n) is 9.39. The maximum atomic E-state index is 12.4. The normalized spacial score (nSPS) is 24.2. The Hall–Kier alpha value is -2.47. The lowest BCUT2D eigenvalue weighted by Gasteiger charge is -2.37. The topological polar surface area (TPSA) is 160 Å². The van der Waals surface area contributed by atoms with Crippen LogP contribution in [0.4, 0.5) is 0 Å². The van der Waals surface area contributed by atoms with E-state index in [0.717, 1.165) is 10.8 Å². The molecule has 11 nitrogen and oxygen atoms in total. The number of amides is 1. The van der Waals surface area contributed by atoms with Gasteiger partial charge in [-0.15, -0.1) is 0 Å². The summed E-state index contributed by atoms with van der Waals surface area (Å²) in [6, 6.07) is 0.620. The number of hydrogen-bond donors (Lipinski definition) is 4. The zero-order chi connectivity index (χ0) is 22.0. The third kappa shape index (κ3) is 4.98. The number of nitrogens with one attached hydrogen (secondary N) is 2. The molecule has 0 unspecified atom stereocenters. The second-order valence-corrected chi connectivity index (χ2v) is 8.01. The third-order valence-electron chi connectivity index (χ3n) is 4.69. The van der Waals surface area contributed by atoms with Gasteiger partial charge in [-0.25, -0.2) is 4.79 Å². The lowest BCUT2D eigenvalue weighted by atomic mass is 9.97. The number of carbonyl (C=O) groups is 1. The molecule has 12 heteroatoms. The number of ether oxygens (including phenoxy) is 1. The Labute approximate surface area is 175 Å². The van der Waals surface area contributed by atoms with Crippen molar-refractivity contribution in [3.05, 3.63) is 49.6 Å². The average molecular weight is 443 g/mol. The fraction of sp³-hybridized carbons (Fsp3) is 0.556. The predicted octanol–water partition coefficient (Wildman–Crippen LogP) is -0.704. The minimum absolute atomic E-state index is 0.0103. The fourth-order valence-corrected chi connectivity index (χ4v) is 3.32. The fourth-order valence-electron chi connectivity index (χ4n) is 3.16. The van der Waals surface area contributed by atoms with E-state index >= 15 is 0 Å². The molecule has 0 spiro atoms. The first-order valence-corrected chi connectivity index (χ1v) is 9.77. The number of aliphatic hydroxyl groups is 2. The molecule has 0 radical (unpaired) electrons. The van der Waals surface area contributed by atoms with Gasteiger partial charge in [0, 0.05) is 12.3 Å². The maximum Gasteiger partial charge on any atom is 0.328 e. The Bertz CT molecular complexity index is 1010. The van der Waals surface area contributed by atoms with Crippen molar-refractivity contribution < 1.29 is 24.3 Å². The zero-order valence-electron chi connectivity index (χ0n) is 16.4. The molecule has 1 amide bonds. The SMILES string of the molecule is CC(C)Cc1cc(C(=O)N[C@@H]2CO[C@H](Cn3cc(Cl)c(=O)[nH]c3=O)[C@@H](O)[C@H]2O)on1. The lowest BCUT2D eigenvalue weighted by Crippen LogP contribution is -2.60. The van der Waals surface area contributed by atoms with Crippen LogP contribution in [0.2, 0.25) is 5.02 Å². The molecule has 0 saturated carbocycles. The van der Waals surface area contributed by atoms with Crippen LogP contribution in [0.1, 0.15) is 30.1 Å². The first-order chi connectivity index (χ1) is 14.2. The van der Waals surface area contributed by atoms with Gasteiger partial charge in [0.1, 0.15) is 23.3 Å². The van der Waals surface area contributed by atoms with E-state index in [9.17, 15) is 24.6 Å². The van der Waals surface area contributed by atoms with Gasteiger partial charge >= 0.3 is 5.69 Å². The molecule has 4 atom stereocenters. The van der Waals surface area contributed by atoms with Crippen LogP contribution in [0.3, 0.4) is 0 Å². The molecular formula is C18H23ClN4O7. The molecule has 0 bridgehead atoms. The number of aromatic nitrogens is 3. The van der Waals surface area contributed by atoms with E-state index in [1.54, 1.807) is 0 Å². The van der Waals surface area contributed by atoms with Gasteiger partial charge in [-0.3, -0.25) is 19.1 Å². The number of halogens is 1. The van der Waals surface area contributed by atoms with Gasteiger partial charge in [-0.05, 0) is 12.3 Å². The summed E-state index contributed by atoms with van der Waals surface area (Å²) in [6.45, 7) is 3.75. The van der Waals surface area contributed by atoms with E-state index in [2.05, 4.69) is 10.5 Å². The second kappa shape index (κ2) is 9.13.